The Hall–Kier alpha value is -2.68. The molecule has 0 fully saturated rings. The molecular weight excluding hydrogens is 675 g/mol. The summed E-state index contributed by atoms with van der Waals surface area (Å²) in [6.07, 6.45) is 0. The Morgan fingerprint density at radius 3 is 1.88 bits per heavy atom. The molecule has 40 heavy (non-hydrogen) atoms. The molecule has 0 bridgehead atoms. The summed E-state index contributed by atoms with van der Waals surface area (Å²) in [5.74, 6) is -0.0889. The van der Waals surface area contributed by atoms with Crippen molar-refractivity contribution in [2.24, 2.45) is 0 Å². The fourth-order valence-corrected chi connectivity index (χ4v) is 5.14. The van der Waals surface area contributed by atoms with Gasteiger partial charge >= 0.3 is 0 Å². The molecule has 5 nitrogen and oxygen atoms in total. The number of fused-ring (bicyclic) bond motifs is 1. The van der Waals surface area contributed by atoms with E-state index in [2.05, 4.69) is 53.4 Å². The van der Waals surface area contributed by atoms with Crippen molar-refractivity contribution in [1.82, 2.24) is 14.0 Å². The van der Waals surface area contributed by atoms with Crippen LogP contribution in [0.3, 0.4) is 0 Å². The van der Waals surface area contributed by atoms with E-state index in [0.29, 0.717) is 28.7 Å². The summed E-state index contributed by atoms with van der Waals surface area (Å²) in [5.41, 5.74) is 4.79. The fraction of sp³-hybridized carbons (Fsp3) is 0.161. The highest BCUT2D eigenvalue weighted by Crippen LogP contribution is 2.23. The highest BCUT2D eigenvalue weighted by Gasteiger charge is 2.18. The van der Waals surface area contributed by atoms with E-state index in [-0.39, 0.29) is 51.9 Å². The first-order chi connectivity index (χ1) is 18.5. The van der Waals surface area contributed by atoms with Gasteiger partial charge in [-0.15, -0.1) is 34.0 Å². The summed E-state index contributed by atoms with van der Waals surface area (Å²) < 4.78 is 3.65. The first kappa shape index (κ1) is 31.8. The largest absolute Gasteiger partial charge is 0.308 e. The maximum atomic E-state index is 13.1. The van der Waals surface area contributed by atoms with Gasteiger partial charge in [0.1, 0.15) is 0 Å². The number of ketones is 1. The van der Waals surface area contributed by atoms with Crippen LogP contribution >= 0.6 is 57.2 Å². The molecule has 0 aliphatic carbocycles. The van der Waals surface area contributed by atoms with Crippen LogP contribution in [0.15, 0.2) is 103 Å². The molecule has 0 amide bonds. The molecular formula is C31H30Br2Cl2N4O. The van der Waals surface area contributed by atoms with E-state index in [1.807, 2.05) is 34.9 Å². The molecule has 4 aromatic carbocycles. The van der Waals surface area contributed by atoms with E-state index in [1.165, 1.54) is 11.1 Å². The molecule has 0 radical (unpaired) electrons. The van der Waals surface area contributed by atoms with E-state index in [9.17, 15) is 4.79 Å². The third-order valence-corrected chi connectivity index (χ3v) is 7.20. The van der Waals surface area contributed by atoms with Gasteiger partial charge in [-0.25, -0.2) is 0 Å². The van der Waals surface area contributed by atoms with E-state index < -0.39 is 0 Å². The summed E-state index contributed by atoms with van der Waals surface area (Å²) in [4.78, 5) is 15.5. The van der Waals surface area contributed by atoms with E-state index in [1.54, 1.807) is 28.8 Å². The van der Waals surface area contributed by atoms with E-state index >= 15 is 0 Å². The number of carbonyl (C=O) groups excluding carboxylic acids is 1. The van der Waals surface area contributed by atoms with Crippen molar-refractivity contribution in [3.8, 4) is 0 Å². The molecule has 1 N–H and O–H groups in total. The third kappa shape index (κ3) is 7.53. The standard InChI is InChI=1S/C31H28Cl2N4O.2BrH/c32-26-16-14-25(15-17-26)29(38)22-37-28-13-7-12-27(33)30(28)36(31(37)34)19-18-35(20-23-8-3-1-4-9-23)21-24-10-5-2-6-11-24;;/h1-17,34H,18-22H2;2*1H. The Bertz CT molecular complexity index is 1560. The second-order valence-electron chi connectivity index (χ2n) is 9.28. The average molecular weight is 705 g/mol. The van der Waals surface area contributed by atoms with Gasteiger partial charge in [0.2, 0.25) is 5.62 Å². The molecule has 0 spiro atoms. The van der Waals surface area contributed by atoms with Crippen molar-refractivity contribution in [2.75, 3.05) is 6.54 Å². The second kappa shape index (κ2) is 14.8. The van der Waals surface area contributed by atoms with Gasteiger partial charge in [0.25, 0.3) is 0 Å². The minimum atomic E-state index is -0.0889. The van der Waals surface area contributed by atoms with Crippen LogP contribution in [0, 0.1) is 5.41 Å². The van der Waals surface area contributed by atoms with Crippen molar-refractivity contribution in [3.05, 3.63) is 135 Å². The van der Waals surface area contributed by atoms with Crippen LogP contribution in [0.4, 0.5) is 0 Å². The third-order valence-electron chi connectivity index (χ3n) is 6.64. The normalized spacial score (nSPS) is 10.8. The minimum absolute atomic E-state index is 0. The summed E-state index contributed by atoms with van der Waals surface area (Å²) in [7, 11) is 0. The monoisotopic (exact) mass is 702 g/mol. The number of rotatable bonds is 10. The van der Waals surface area contributed by atoms with Crippen molar-refractivity contribution < 1.29 is 4.79 Å². The Balaban J connectivity index is 0.00000220. The lowest BCUT2D eigenvalue weighted by Gasteiger charge is -2.23. The molecule has 0 unspecified atom stereocenters. The zero-order valence-electron chi connectivity index (χ0n) is 21.7. The van der Waals surface area contributed by atoms with Crippen LogP contribution in [0.25, 0.3) is 11.0 Å². The smallest absolute Gasteiger partial charge is 0.203 e. The minimum Gasteiger partial charge on any atom is -0.308 e. The Kier molecular flexibility index (Phi) is 11.8. The molecule has 1 heterocycles. The molecule has 208 valence electrons. The number of imidazole rings is 1. The molecule has 1 aromatic heterocycles. The first-order valence-electron chi connectivity index (χ1n) is 12.5. The molecule has 5 rings (SSSR count). The SMILES string of the molecule is Br.Br.N=c1n(CC(=O)c2ccc(Cl)cc2)c2cccc(Cl)c2n1CCN(Cc1ccccc1)Cc1ccccc1. The van der Waals surface area contributed by atoms with Gasteiger partial charge in [0.15, 0.2) is 5.78 Å². The Morgan fingerprint density at radius 1 is 0.725 bits per heavy atom. The predicted octanol–water partition coefficient (Wildman–Crippen LogP) is 7.97. The van der Waals surface area contributed by atoms with Gasteiger partial charge in [-0.05, 0) is 47.5 Å². The Morgan fingerprint density at radius 2 is 1.30 bits per heavy atom. The first-order valence-corrected chi connectivity index (χ1v) is 13.3. The number of para-hydroxylation sites is 1. The van der Waals surface area contributed by atoms with Crippen molar-refractivity contribution in [2.45, 2.75) is 26.2 Å². The topological polar surface area (TPSA) is 54.0 Å². The van der Waals surface area contributed by atoms with Crippen LogP contribution in [0.1, 0.15) is 21.5 Å². The molecule has 5 aromatic rings. The van der Waals surface area contributed by atoms with Gasteiger partial charge in [-0.1, -0.05) is 89.9 Å². The summed E-state index contributed by atoms with van der Waals surface area (Å²) in [5, 5.41) is 10.2. The van der Waals surface area contributed by atoms with Crippen molar-refractivity contribution >= 4 is 74.0 Å². The van der Waals surface area contributed by atoms with Crippen molar-refractivity contribution in [1.29, 1.82) is 5.41 Å². The number of aromatic nitrogens is 2. The second-order valence-corrected chi connectivity index (χ2v) is 10.1. The van der Waals surface area contributed by atoms with Crippen molar-refractivity contribution in [3.63, 3.8) is 0 Å². The zero-order valence-corrected chi connectivity index (χ0v) is 26.6. The average Bonchev–Trinajstić information content (AvgIpc) is 3.20. The van der Waals surface area contributed by atoms with Gasteiger partial charge in [-0.2, -0.15) is 0 Å². The lowest BCUT2D eigenvalue weighted by atomic mass is 10.1. The molecule has 0 saturated heterocycles. The highest BCUT2D eigenvalue weighted by molar-refractivity contribution is 8.93. The quantitative estimate of drug-likeness (QED) is 0.150. The van der Waals surface area contributed by atoms with Gasteiger partial charge < -0.3 is 9.13 Å². The summed E-state index contributed by atoms with van der Waals surface area (Å²) in [6, 6.07) is 33.2. The number of benzene rings is 4. The number of nitrogens with one attached hydrogen (secondary N) is 1. The molecule has 0 atom stereocenters. The van der Waals surface area contributed by atoms with Crippen LogP contribution in [-0.4, -0.2) is 26.4 Å². The van der Waals surface area contributed by atoms with Crippen LogP contribution < -0.4 is 5.62 Å². The molecule has 0 aliphatic rings. The van der Waals surface area contributed by atoms with E-state index in [4.69, 9.17) is 28.6 Å². The fourth-order valence-electron chi connectivity index (χ4n) is 4.74. The number of Topliss-reactive ketones (excluding diaryl/α,β-unsaturated/α-hetero) is 1. The number of hydrogen-bond donors (Lipinski definition) is 1. The number of halogens is 4. The molecule has 0 saturated carbocycles. The van der Waals surface area contributed by atoms with Crippen LogP contribution in [0.2, 0.25) is 10.0 Å². The highest BCUT2D eigenvalue weighted by atomic mass is 79.9. The number of nitrogens with zero attached hydrogens (tertiary/aromatic N) is 3. The lowest BCUT2D eigenvalue weighted by molar-refractivity contribution is 0.0971. The van der Waals surface area contributed by atoms with Gasteiger partial charge in [-0.3, -0.25) is 15.1 Å². The van der Waals surface area contributed by atoms with Crippen LogP contribution in [0.5, 0.6) is 0 Å². The molecule has 9 heteroatoms. The van der Waals surface area contributed by atoms with Crippen LogP contribution in [-0.2, 0) is 26.2 Å². The number of carbonyl (C=O) groups is 1. The maximum Gasteiger partial charge on any atom is 0.203 e. The zero-order chi connectivity index (χ0) is 26.5. The predicted molar refractivity (Wildman–Crippen MR) is 174 cm³/mol. The number of hydrogen-bond acceptors (Lipinski definition) is 3. The maximum absolute atomic E-state index is 13.1. The van der Waals surface area contributed by atoms with E-state index in [0.717, 1.165) is 24.1 Å². The summed E-state index contributed by atoms with van der Waals surface area (Å²) >= 11 is 12.7. The summed E-state index contributed by atoms with van der Waals surface area (Å²) in [6.45, 7) is 2.87. The van der Waals surface area contributed by atoms with Gasteiger partial charge in [0.05, 0.1) is 22.6 Å². The molecule has 0 aliphatic heterocycles. The lowest BCUT2D eigenvalue weighted by Crippen LogP contribution is -2.32. The Labute approximate surface area is 265 Å². The van der Waals surface area contributed by atoms with Gasteiger partial charge in [0, 0.05) is 36.8 Å².